The lowest BCUT2D eigenvalue weighted by Crippen LogP contribution is -2.30. The van der Waals surface area contributed by atoms with Crippen molar-refractivity contribution in [2.45, 2.75) is 31.6 Å². The summed E-state index contributed by atoms with van der Waals surface area (Å²) in [5.74, 6) is 1.23. The number of aromatic nitrogens is 3. The second-order valence-electron chi connectivity index (χ2n) is 6.80. The number of amides is 1. The molecule has 0 radical (unpaired) electrons. The number of hydrogen-bond donors (Lipinski definition) is 1. The molecule has 4 rings (SSSR count). The Morgan fingerprint density at radius 3 is 2.71 bits per heavy atom. The molecule has 160 valence electrons. The second-order valence-corrected chi connectivity index (χ2v) is 8.72. The predicted molar refractivity (Wildman–Crippen MR) is 120 cm³/mol. The van der Waals surface area contributed by atoms with Gasteiger partial charge < -0.3 is 14.3 Å². The lowest BCUT2D eigenvalue weighted by atomic mass is 10.1. The van der Waals surface area contributed by atoms with Gasteiger partial charge in [-0.2, -0.15) is 0 Å². The smallest absolute Gasteiger partial charge is 0.231 e. The van der Waals surface area contributed by atoms with Gasteiger partial charge in [0.05, 0.1) is 23.6 Å². The maximum Gasteiger partial charge on any atom is 0.231 e. The summed E-state index contributed by atoms with van der Waals surface area (Å²) in [6, 6.07) is 11.6. The summed E-state index contributed by atoms with van der Waals surface area (Å²) in [6.45, 7) is 4.56. The van der Waals surface area contributed by atoms with Crippen molar-refractivity contribution in [3.63, 3.8) is 0 Å². The first kappa shape index (κ1) is 21.3. The first-order chi connectivity index (χ1) is 15.1. The van der Waals surface area contributed by atoms with Crippen LogP contribution in [-0.2, 0) is 11.3 Å². The average molecular weight is 457 g/mol. The van der Waals surface area contributed by atoms with Crippen LogP contribution >= 0.6 is 23.1 Å². The fraction of sp³-hybridized carbons (Fsp3) is 0.227. The molecule has 1 N–H and O–H groups in total. The van der Waals surface area contributed by atoms with Gasteiger partial charge in [-0.15, -0.1) is 21.5 Å². The van der Waals surface area contributed by atoms with E-state index in [2.05, 4.69) is 15.5 Å². The first-order valence-corrected chi connectivity index (χ1v) is 11.6. The summed E-state index contributed by atoms with van der Waals surface area (Å²) in [5.41, 5.74) is 1.72. The molecule has 0 spiro atoms. The van der Waals surface area contributed by atoms with Gasteiger partial charge in [-0.1, -0.05) is 30.0 Å². The van der Waals surface area contributed by atoms with Crippen LogP contribution in [-0.4, -0.2) is 26.4 Å². The normalized spacial score (nSPS) is 12.1. The van der Waals surface area contributed by atoms with Crippen LogP contribution in [0.4, 0.5) is 4.39 Å². The van der Waals surface area contributed by atoms with Gasteiger partial charge in [-0.05, 0) is 49.1 Å². The molecule has 0 saturated heterocycles. The van der Waals surface area contributed by atoms with E-state index in [0.717, 1.165) is 27.6 Å². The Bertz CT molecular complexity index is 1150. The number of nitrogens with one attached hydrogen (secondary N) is 1. The number of carbonyl (C=O) groups excluding carboxylic acids is 1. The third kappa shape index (κ3) is 4.72. The summed E-state index contributed by atoms with van der Waals surface area (Å²) in [7, 11) is 0. The van der Waals surface area contributed by atoms with Crippen molar-refractivity contribution in [1.29, 1.82) is 0 Å². The number of aryl methyl sites for hydroxylation is 1. The minimum atomic E-state index is -0.332. The molecule has 0 aliphatic rings. The lowest BCUT2D eigenvalue weighted by Gasteiger charge is -2.18. The van der Waals surface area contributed by atoms with Crippen LogP contribution < -0.4 is 5.32 Å². The zero-order valence-electron chi connectivity index (χ0n) is 17.0. The molecule has 0 fully saturated rings. The molecule has 0 aliphatic heterocycles. The number of thiophene rings is 1. The molecule has 31 heavy (non-hydrogen) atoms. The van der Waals surface area contributed by atoms with E-state index in [1.54, 1.807) is 29.7 Å². The van der Waals surface area contributed by atoms with Crippen molar-refractivity contribution in [1.82, 2.24) is 20.1 Å². The highest BCUT2D eigenvalue weighted by Gasteiger charge is 2.20. The van der Waals surface area contributed by atoms with Gasteiger partial charge in [0.15, 0.2) is 11.0 Å². The minimum absolute atomic E-state index is 0.139. The number of carbonyl (C=O) groups is 1. The monoisotopic (exact) mass is 456 g/mol. The predicted octanol–water partition coefficient (Wildman–Crippen LogP) is 5.06. The van der Waals surface area contributed by atoms with Gasteiger partial charge in [0.2, 0.25) is 5.91 Å². The molecule has 1 atom stereocenters. The van der Waals surface area contributed by atoms with Crippen molar-refractivity contribution in [3.05, 3.63) is 76.1 Å². The van der Waals surface area contributed by atoms with Crippen LogP contribution in [0, 0.1) is 12.7 Å². The standard InChI is InChI=1S/C22H21FN4O2S2/c1-3-27-21(17-10-11-29-14(17)2)25-26-22(27)31-13-19(28)24-20(18-5-4-12-30-18)15-6-8-16(23)9-7-15/h4-12,20H,3,13H2,1-2H3,(H,24,28). The van der Waals surface area contributed by atoms with Crippen molar-refractivity contribution in [2.24, 2.45) is 0 Å². The van der Waals surface area contributed by atoms with E-state index in [1.807, 2.05) is 42.0 Å². The molecule has 3 heterocycles. The summed E-state index contributed by atoms with van der Waals surface area (Å²) in [4.78, 5) is 13.8. The minimum Gasteiger partial charge on any atom is -0.469 e. The molecular weight excluding hydrogens is 435 g/mol. The highest BCUT2D eigenvalue weighted by Crippen LogP contribution is 2.28. The van der Waals surface area contributed by atoms with Gasteiger partial charge in [0.1, 0.15) is 11.6 Å². The zero-order valence-corrected chi connectivity index (χ0v) is 18.7. The average Bonchev–Trinajstić information content (AvgIpc) is 3.52. The zero-order chi connectivity index (χ0) is 21.8. The van der Waals surface area contributed by atoms with Crippen molar-refractivity contribution in [3.8, 4) is 11.4 Å². The lowest BCUT2D eigenvalue weighted by molar-refractivity contribution is -0.119. The summed E-state index contributed by atoms with van der Waals surface area (Å²) in [5, 5.41) is 14.2. The maximum absolute atomic E-state index is 13.4. The Kier molecular flexibility index (Phi) is 6.53. The molecule has 1 amide bonds. The quantitative estimate of drug-likeness (QED) is 0.375. The van der Waals surface area contributed by atoms with Crippen LogP contribution in [0.15, 0.2) is 63.7 Å². The molecule has 4 aromatic rings. The molecule has 9 heteroatoms. The Morgan fingerprint density at radius 1 is 1.26 bits per heavy atom. The van der Waals surface area contributed by atoms with Gasteiger partial charge in [-0.3, -0.25) is 4.79 Å². The van der Waals surface area contributed by atoms with Gasteiger partial charge in [-0.25, -0.2) is 4.39 Å². The number of halogens is 1. The van der Waals surface area contributed by atoms with E-state index in [0.29, 0.717) is 11.7 Å². The maximum atomic E-state index is 13.4. The highest BCUT2D eigenvalue weighted by atomic mass is 32.2. The third-order valence-corrected chi connectivity index (χ3v) is 6.71. The Balaban J connectivity index is 1.47. The number of nitrogens with zero attached hydrogens (tertiary/aromatic N) is 3. The van der Waals surface area contributed by atoms with Gasteiger partial charge in [0, 0.05) is 11.4 Å². The molecular formula is C22H21FN4O2S2. The second kappa shape index (κ2) is 9.49. The van der Waals surface area contributed by atoms with Crippen LogP contribution in [0.25, 0.3) is 11.4 Å². The molecule has 6 nitrogen and oxygen atoms in total. The Labute approximate surface area is 187 Å². The largest absolute Gasteiger partial charge is 0.469 e. The number of hydrogen-bond acceptors (Lipinski definition) is 6. The number of benzene rings is 1. The summed E-state index contributed by atoms with van der Waals surface area (Å²) >= 11 is 2.88. The van der Waals surface area contributed by atoms with E-state index in [1.165, 1.54) is 23.9 Å². The molecule has 0 saturated carbocycles. The van der Waals surface area contributed by atoms with Crippen molar-refractivity contribution in [2.75, 3.05) is 5.75 Å². The molecule has 0 bridgehead atoms. The van der Waals surface area contributed by atoms with E-state index in [4.69, 9.17) is 4.42 Å². The van der Waals surface area contributed by atoms with Crippen molar-refractivity contribution < 1.29 is 13.6 Å². The number of furan rings is 1. The van der Waals surface area contributed by atoms with Crippen molar-refractivity contribution >= 4 is 29.0 Å². The summed E-state index contributed by atoms with van der Waals surface area (Å²) < 4.78 is 20.7. The number of rotatable bonds is 8. The van der Waals surface area contributed by atoms with Crippen LogP contribution in [0.2, 0.25) is 0 Å². The molecule has 3 aromatic heterocycles. The van der Waals surface area contributed by atoms with E-state index < -0.39 is 0 Å². The molecule has 1 aromatic carbocycles. The van der Waals surface area contributed by atoms with Crippen LogP contribution in [0.1, 0.15) is 29.2 Å². The van der Waals surface area contributed by atoms with E-state index in [-0.39, 0.29) is 23.5 Å². The fourth-order valence-electron chi connectivity index (χ4n) is 3.26. The summed E-state index contributed by atoms with van der Waals surface area (Å²) in [6.07, 6.45) is 1.62. The van der Waals surface area contributed by atoms with E-state index in [9.17, 15) is 9.18 Å². The van der Waals surface area contributed by atoms with Gasteiger partial charge >= 0.3 is 0 Å². The third-order valence-electron chi connectivity index (χ3n) is 4.80. The molecule has 0 aliphatic carbocycles. The highest BCUT2D eigenvalue weighted by molar-refractivity contribution is 7.99. The van der Waals surface area contributed by atoms with Gasteiger partial charge in [0.25, 0.3) is 0 Å². The van der Waals surface area contributed by atoms with Crippen LogP contribution in [0.5, 0.6) is 0 Å². The van der Waals surface area contributed by atoms with Crippen LogP contribution in [0.3, 0.4) is 0 Å². The molecule has 1 unspecified atom stereocenters. The topological polar surface area (TPSA) is 73.0 Å². The Hall–Kier alpha value is -2.91. The fourth-order valence-corrected chi connectivity index (χ4v) is 4.87. The van der Waals surface area contributed by atoms with E-state index >= 15 is 0 Å². The first-order valence-electron chi connectivity index (χ1n) is 9.75. The SMILES string of the molecule is CCn1c(SCC(=O)NC(c2ccc(F)cc2)c2cccs2)nnc1-c1ccoc1C. The Morgan fingerprint density at radius 2 is 2.06 bits per heavy atom. The number of thioether (sulfide) groups is 1.